The van der Waals surface area contributed by atoms with E-state index < -0.39 is 5.97 Å². The van der Waals surface area contributed by atoms with E-state index in [0.717, 1.165) is 0 Å². The van der Waals surface area contributed by atoms with Crippen LogP contribution in [0, 0.1) is 0 Å². The Balaban J connectivity index is 2.50. The Hall–Kier alpha value is -1.78. The fraction of sp³-hybridized carbons (Fsp3) is 0.0769. The molecule has 0 atom stereocenters. The summed E-state index contributed by atoms with van der Waals surface area (Å²) in [5, 5.41) is 14.2. The molecule has 98 valence electrons. The predicted octanol–water partition coefficient (Wildman–Crippen LogP) is 3.74. The quantitative estimate of drug-likeness (QED) is 0.875. The van der Waals surface area contributed by atoms with E-state index in [-0.39, 0.29) is 5.69 Å². The molecule has 0 saturated heterocycles. The molecule has 0 unspecified atom stereocenters. The number of carboxylic acid groups (broad SMARTS) is 1. The normalized spacial score (nSPS) is 10.4. The standard InChI is InChI=1S/C13H10Cl2N2O2/c1-2-5-17-12(13(18)19)7-11(16-17)8-3-4-9(14)10(15)6-8/h2-4,6-7H,1,5H2,(H,18,19). The summed E-state index contributed by atoms with van der Waals surface area (Å²) in [6, 6.07) is 6.52. The van der Waals surface area contributed by atoms with E-state index in [1.54, 1.807) is 24.3 Å². The van der Waals surface area contributed by atoms with Crippen molar-refractivity contribution in [2.75, 3.05) is 0 Å². The van der Waals surface area contributed by atoms with E-state index in [0.29, 0.717) is 27.8 Å². The molecule has 0 fully saturated rings. The molecule has 4 nitrogen and oxygen atoms in total. The maximum atomic E-state index is 11.1. The van der Waals surface area contributed by atoms with Crippen LogP contribution in [0.15, 0.2) is 36.9 Å². The summed E-state index contributed by atoms with van der Waals surface area (Å²) in [7, 11) is 0. The molecule has 0 saturated carbocycles. The third kappa shape index (κ3) is 2.80. The van der Waals surface area contributed by atoms with Gasteiger partial charge in [0.25, 0.3) is 0 Å². The van der Waals surface area contributed by atoms with Gasteiger partial charge in [0.05, 0.1) is 22.3 Å². The van der Waals surface area contributed by atoms with Gasteiger partial charge in [-0.15, -0.1) is 6.58 Å². The molecule has 0 radical (unpaired) electrons. The van der Waals surface area contributed by atoms with Gasteiger partial charge in [-0.3, -0.25) is 4.68 Å². The zero-order valence-corrected chi connectivity index (χ0v) is 11.3. The Morgan fingerprint density at radius 1 is 1.37 bits per heavy atom. The second-order valence-electron chi connectivity index (χ2n) is 3.82. The Kier molecular flexibility index (Phi) is 3.93. The third-order valence-corrected chi connectivity index (χ3v) is 3.26. The van der Waals surface area contributed by atoms with Crippen LogP contribution >= 0.6 is 23.2 Å². The predicted molar refractivity (Wildman–Crippen MR) is 74.8 cm³/mol. The highest BCUT2D eigenvalue weighted by molar-refractivity contribution is 6.42. The van der Waals surface area contributed by atoms with Gasteiger partial charge in [-0.05, 0) is 18.2 Å². The van der Waals surface area contributed by atoms with Gasteiger partial charge in [-0.2, -0.15) is 5.10 Å². The number of hydrogen-bond donors (Lipinski definition) is 1. The number of aromatic carboxylic acids is 1. The highest BCUT2D eigenvalue weighted by atomic mass is 35.5. The molecular formula is C13H10Cl2N2O2. The molecule has 1 aromatic carbocycles. The van der Waals surface area contributed by atoms with Crippen molar-refractivity contribution in [1.29, 1.82) is 0 Å². The van der Waals surface area contributed by atoms with Crippen molar-refractivity contribution >= 4 is 29.2 Å². The number of halogens is 2. The topological polar surface area (TPSA) is 55.1 Å². The van der Waals surface area contributed by atoms with Crippen LogP contribution in [0.4, 0.5) is 0 Å². The first kappa shape index (κ1) is 13.6. The van der Waals surface area contributed by atoms with Crippen LogP contribution in [0.5, 0.6) is 0 Å². The fourth-order valence-electron chi connectivity index (χ4n) is 1.65. The van der Waals surface area contributed by atoms with E-state index in [9.17, 15) is 4.79 Å². The lowest BCUT2D eigenvalue weighted by Gasteiger charge is -2.00. The highest BCUT2D eigenvalue weighted by Crippen LogP contribution is 2.28. The molecule has 2 aromatic rings. The van der Waals surface area contributed by atoms with Gasteiger partial charge in [0.1, 0.15) is 5.69 Å². The molecule has 1 N–H and O–H groups in total. The van der Waals surface area contributed by atoms with Crippen molar-refractivity contribution in [2.24, 2.45) is 0 Å². The number of nitrogens with zero attached hydrogens (tertiary/aromatic N) is 2. The summed E-state index contributed by atoms with van der Waals surface area (Å²) >= 11 is 11.8. The smallest absolute Gasteiger partial charge is 0.354 e. The van der Waals surface area contributed by atoms with Gasteiger partial charge in [-0.1, -0.05) is 35.3 Å². The minimum Gasteiger partial charge on any atom is -0.477 e. The van der Waals surface area contributed by atoms with E-state index in [4.69, 9.17) is 28.3 Å². The number of rotatable bonds is 4. The second kappa shape index (κ2) is 5.47. The fourth-order valence-corrected chi connectivity index (χ4v) is 1.95. The van der Waals surface area contributed by atoms with Crippen molar-refractivity contribution < 1.29 is 9.90 Å². The van der Waals surface area contributed by atoms with Crippen LogP contribution in [0.3, 0.4) is 0 Å². The van der Waals surface area contributed by atoms with Gasteiger partial charge in [0.15, 0.2) is 0 Å². The lowest BCUT2D eigenvalue weighted by molar-refractivity contribution is 0.0684. The molecule has 6 heteroatoms. The first-order valence-electron chi connectivity index (χ1n) is 5.40. The van der Waals surface area contributed by atoms with E-state index in [1.165, 1.54) is 10.7 Å². The summed E-state index contributed by atoms with van der Waals surface area (Å²) in [4.78, 5) is 11.1. The van der Waals surface area contributed by atoms with Crippen molar-refractivity contribution in [3.05, 3.63) is 52.7 Å². The second-order valence-corrected chi connectivity index (χ2v) is 4.63. The first-order valence-corrected chi connectivity index (χ1v) is 6.16. The highest BCUT2D eigenvalue weighted by Gasteiger charge is 2.15. The van der Waals surface area contributed by atoms with Gasteiger partial charge < -0.3 is 5.11 Å². The van der Waals surface area contributed by atoms with Crippen molar-refractivity contribution in [3.63, 3.8) is 0 Å². The maximum Gasteiger partial charge on any atom is 0.354 e. The van der Waals surface area contributed by atoms with E-state index in [2.05, 4.69) is 11.7 Å². The van der Waals surface area contributed by atoms with E-state index in [1.807, 2.05) is 0 Å². The first-order chi connectivity index (χ1) is 9.02. The zero-order valence-electron chi connectivity index (χ0n) is 9.81. The molecule has 19 heavy (non-hydrogen) atoms. The summed E-state index contributed by atoms with van der Waals surface area (Å²) in [5.41, 5.74) is 1.33. The van der Waals surface area contributed by atoms with Gasteiger partial charge in [-0.25, -0.2) is 4.79 Å². The van der Waals surface area contributed by atoms with Crippen molar-refractivity contribution in [3.8, 4) is 11.3 Å². The molecule has 0 aliphatic carbocycles. The van der Waals surface area contributed by atoms with Crippen molar-refractivity contribution in [2.45, 2.75) is 6.54 Å². The number of allylic oxidation sites excluding steroid dienone is 1. The average molecular weight is 297 g/mol. The average Bonchev–Trinajstić information content (AvgIpc) is 2.77. The Morgan fingerprint density at radius 3 is 2.68 bits per heavy atom. The molecule has 1 heterocycles. The van der Waals surface area contributed by atoms with Gasteiger partial charge in [0, 0.05) is 5.56 Å². The summed E-state index contributed by atoms with van der Waals surface area (Å²) in [6.45, 7) is 3.89. The number of carbonyl (C=O) groups is 1. The SMILES string of the molecule is C=CCn1nc(-c2ccc(Cl)c(Cl)c2)cc1C(=O)O. The molecular weight excluding hydrogens is 287 g/mol. The van der Waals surface area contributed by atoms with E-state index >= 15 is 0 Å². The summed E-state index contributed by atoms with van der Waals surface area (Å²) in [6.07, 6.45) is 1.58. The molecule has 0 aliphatic rings. The van der Waals surface area contributed by atoms with Crippen LogP contribution in [0.2, 0.25) is 10.0 Å². The molecule has 0 spiro atoms. The maximum absolute atomic E-state index is 11.1. The van der Waals surface area contributed by atoms with Crippen LogP contribution in [-0.2, 0) is 6.54 Å². The van der Waals surface area contributed by atoms with Crippen LogP contribution in [0.25, 0.3) is 11.3 Å². The minimum atomic E-state index is -1.04. The van der Waals surface area contributed by atoms with Crippen LogP contribution < -0.4 is 0 Å². The number of carboxylic acids is 1. The molecule has 1 aromatic heterocycles. The monoisotopic (exact) mass is 296 g/mol. The Bertz CT molecular complexity index is 650. The van der Waals surface area contributed by atoms with Crippen molar-refractivity contribution in [1.82, 2.24) is 9.78 Å². The summed E-state index contributed by atoms with van der Waals surface area (Å²) in [5.74, 6) is -1.04. The lowest BCUT2D eigenvalue weighted by atomic mass is 10.1. The van der Waals surface area contributed by atoms with Gasteiger partial charge in [0.2, 0.25) is 0 Å². The lowest BCUT2D eigenvalue weighted by Crippen LogP contribution is -2.08. The molecule has 0 amide bonds. The molecule has 0 aliphatic heterocycles. The van der Waals surface area contributed by atoms with Gasteiger partial charge >= 0.3 is 5.97 Å². The largest absolute Gasteiger partial charge is 0.477 e. The molecule has 2 rings (SSSR count). The number of hydrogen-bond acceptors (Lipinski definition) is 2. The summed E-state index contributed by atoms with van der Waals surface area (Å²) < 4.78 is 1.37. The molecule has 0 bridgehead atoms. The Labute approximate surface area is 119 Å². The number of aromatic nitrogens is 2. The van der Waals surface area contributed by atoms with Crippen LogP contribution in [0.1, 0.15) is 10.5 Å². The third-order valence-electron chi connectivity index (χ3n) is 2.52. The minimum absolute atomic E-state index is 0.0981. The zero-order chi connectivity index (χ0) is 14.0. The number of benzene rings is 1. The van der Waals surface area contributed by atoms with Crippen LogP contribution in [-0.4, -0.2) is 20.9 Å². The Morgan fingerprint density at radius 2 is 2.11 bits per heavy atom.